The molecular weight excluding hydrogens is 270 g/mol. The summed E-state index contributed by atoms with van der Waals surface area (Å²) in [6.07, 6.45) is 2.72. The first-order chi connectivity index (χ1) is 9.73. The largest absolute Gasteiger partial charge is 0.460 e. The lowest BCUT2D eigenvalue weighted by atomic mass is 10.00. The SMILES string of the molecule is CCC1CC2C(=O)N(CCC(=O)OC(C)(C)C)C(=O)C2C1. The zero-order valence-corrected chi connectivity index (χ0v) is 13.3. The van der Waals surface area contributed by atoms with E-state index in [0.29, 0.717) is 5.92 Å². The Balaban J connectivity index is 1.90. The molecule has 1 aliphatic heterocycles. The molecule has 0 spiro atoms. The van der Waals surface area contributed by atoms with Gasteiger partial charge in [-0.05, 0) is 39.5 Å². The van der Waals surface area contributed by atoms with Crippen LogP contribution in [0.25, 0.3) is 0 Å². The molecule has 0 aromatic rings. The zero-order valence-electron chi connectivity index (χ0n) is 13.3. The summed E-state index contributed by atoms with van der Waals surface area (Å²) < 4.78 is 5.21. The number of hydrogen-bond acceptors (Lipinski definition) is 4. The number of amides is 2. The molecule has 2 aliphatic rings. The van der Waals surface area contributed by atoms with Gasteiger partial charge in [0.15, 0.2) is 0 Å². The van der Waals surface area contributed by atoms with Crippen LogP contribution in [0.5, 0.6) is 0 Å². The van der Waals surface area contributed by atoms with Crippen LogP contribution in [-0.4, -0.2) is 34.8 Å². The Labute approximate surface area is 126 Å². The summed E-state index contributed by atoms with van der Waals surface area (Å²) in [5.41, 5.74) is -0.541. The van der Waals surface area contributed by atoms with Gasteiger partial charge in [0.05, 0.1) is 18.3 Å². The van der Waals surface area contributed by atoms with Crippen molar-refractivity contribution in [3.63, 3.8) is 0 Å². The van der Waals surface area contributed by atoms with Crippen LogP contribution in [0.2, 0.25) is 0 Å². The van der Waals surface area contributed by atoms with E-state index in [9.17, 15) is 14.4 Å². The van der Waals surface area contributed by atoms with Crippen LogP contribution in [0.3, 0.4) is 0 Å². The first-order valence-corrected chi connectivity index (χ1v) is 7.80. The van der Waals surface area contributed by atoms with Crippen molar-refractivity contribution in [3.05, 3.63) is 0 Å². The summed E-state index contributed by atoms with van der Waals surface area (Å²) in [6.45, 7) is 7.64. The zero-order chi connectivity index (χ0) is 15.8. The summed E-state index contributed by atoms with van der Waals surface area (Å²) in [7, 11) is 0. The van der Waals surface area contributed by atoms with Crippen molar-refractivity contribution in [2.75, 3.05) is 6.54 Å². The smallest absolute Gasteiger partial charge is 0.308 e. The molecule has 1 saturated carbocycles. The van der Waals surface area contributed by atoms with Crippen molar-refractivity contribution in [2.45, 2.75) is 59.0 Å². The quantitative estimate of drug-likeness (QED) is 0.589. The molecule has 2 atom stereocenters. The highest BCUT2D eigenvalue weighted by atomic mass is 16.6. The molecule has 1 aliphatic carbocycles. The van der Waals surface area contributed by atoms with Gasteiger partial charge >= 0.3 is 5.97 Å². The van der Waals surface area contributed by atoms with Gasteiger partial charge in [0, 0.05) is 6.54 Å². The van der Waals surface area contributed by atoms with Crippen molar-refractivity contribution < 1.29 is 19.1 Å². The van der Waals surface area contributed by atoms with E-state index in [1.54, 1.807) is 20.8 Å². The van der Waals surface area contributed by atoms with Crippen LogP contribution in [-0.2, 0) is 19.1 Å². The highest BCUT2D eigenvalue weighted by Crippen LogP contribution is 2.44. The topological polar surface area (TPSA) is 63.7 Å². The summed E-state index contributed by atoms with van der Waals surface area (Å²) in [5.74, 6) is -0.372. The van der Waals surface area contributed by atoms with E-state index in [-0.39, 0.29) is 42.6 Å². The first-order valence-electron chi connectivity index (χ1n) is 7.80. The predicted octanol–water partition coefficient (Wildman–Crippen LogP) is 2.14. The van der Waals surface area contributed by atoms with E-state index in [2.05, 4.69) is 6.92 Å². The van der Waals surface area contributed by atoms with Gasteiger partial charge in [-0.1, -0.05) is 13.3 Å². The third-order valence-electron chi connectivity index (χ3n) is 4.36. The number of ether oxygens (including phenoxy) is 1. The van der Waals surface area contributed by atoms with Crippen molar-refractivity contribution in [1.29, 1.82) is 0 Å². The van der Waals surface area contributed by atoms with Crippen LogP contribution in [0.15, 0.2) is 0 Å². The summed E-state index contributed by atoms with van der Waals surface area (Å²) in [6, 6.07) is 0. The lowest BCUT2D eigenvalue weighted by Crippen LogP contribution is -2.35. The molecule has 0 bridgehead atoms. The number of imide groups is 1. The minimum absolute atomic E-state index is 0.0748. The van der Waals surface area contributed by atoms with Gasteiger partial charge in [0.25, 0.3) is 0 Å². The van der Waals surface area contributed by atoms with Gasteiger partial charge in [0.1, 0.15) is 5.60 Å². The van der Waals surface area contributed by atoms with Crippen molar-refractivity contribution in [1.82, 2.24) is 4.90 Å². The Morgan fingerprint density at radius 3 is 2.14 bits per heavy atom. The minimum Gasteiger partial charge on any atom is -0.460 e. The van der Waals surface area contributed by atoms with E-state index in [4.69, 9.17) is 4.74 Å². The van der Waals surface area contributed by atoms with E-state index in [1.165, 1.54) is 4.90 Å². The maximum atomic E-state index is 12.3. The van der Waals surface area contributed by atoms with Gasteiger partial charge in [-0.15, -0.1) is 0 Å². The fourth-order valence-electron chi connectivity index (χ4n) is 3.35. The Morgan fingerprint density at radius 2 is 1.71 bits per heavy atom. The monoisotopic (exact) mass is 295 g/mol. The Hall–Kier alpha value is -1.39. The minimum atomic E-state index is -0.541. The highest BCUT2D eigenvalue weighted by molar-refractivity contribution is 6.05. The van der Waals surface area contributed by atoms with Gasteiger partial charge < -0.3 is 4.74 Å². The van der Waals surface area contributed by atoms with Crippen LogP contribution in [0.4, 0.5) is 0 Å². The average Bonchev–Trinajstić information content (AvgIpc) is 2.87. The number of carbonyl (C=O) groups is 3. The second-order valence-electron chi connectivity index (χ2n) is 7.12. The van der Waals surface area contributed by atoms with E-state index < -0.39 is 5.60 Å². The molecule has 0 N–H and O–H groups in total. The summed E-state index contributed by atoms with van der Waals surface area (Å²) in [5, 5.41) is 0. The molecule has 118 valence electrons. The van der Waals surface area contributed by atoms with Crippen molar-refractivity contribution in [3.8, 4) is 0 Å². The van der Waals surface area contributed by atoms with E-state index in [1.807, 2.05) is 0 Å². The number of likely N-dealkylation sites (tertiary alicyclic amines) is 1. The third kappa shape index (κ3) is 3.44. The highest BCUT2D eigenvalue weighted by Gasteiger charge is 2.52. The lowest BCUT2D eigenvalue weighted by Gasteiger charge is -2.21. The van der Waals surface area contributed by atoms with Crippen molar-refractivity contribution >= 4 is 17.8 Å². The number of esters is 1. The second kappa shape index (κ2) is 5.78. The first kappa shape index (κ1) is 16.0. The lowest BCUT2D eigenvalue weighted by molar-refractivity contribution is -0.155. The van der Waals surface area contributed by atoms with Gasteiger partial charge in [-0.3, -0.25) is 19.3 Å². The Morgan fingerprint density at radius 1 is 1.19 bits per heavy atom. The van der Waals surface area contributed by atoms with E-state index in [0.717, 1.165) is 19.3 Å². The molecule has 2 amide bonds. The molecule has 5 nitrogen and oxygen atoms in total. The molecule has 0 aromatic heterocycles. The molecule has 2 unspecified atom stereocenters. The predicted molar refractivity (Wildman–Crippen MR) is 77.2 cm³/mol. The van der Waals surface area contributed by atoms with Gasteiger partial charge in [-0.25, -0.2) is 0 Å². The standard InChI is InChI=1S/C16H25NO4/c1-5-10-8-11-12(9-10)15(20)17(14(11)19)7-6-13(18)21-16(2,3)4/h10-12H,5-9H2,1-4H3. The maximum absolute atomic E-state index is 12.3. The number of nitrogens with zero attached hydrogens (tertiary/aromatic N) is 1. The number of carbonyl (C=O) groups excluding carboxylic acids is 3. The third-order valence-corrected chi connectivity index (χ3v) is 4.36. The molecule has 1 saturated heterocycles. The fraction of sp³-hybridized carbons (Fsp3) is 0.812. The van der Waals surface area contributed by atoms with Crippen molar-refractivity contribution in [2.24, 2.45) is 17.8 Å². The Kier molecular flexibility index (Phi) is 4.40. The molecule has 5 heteroatoms. The molecule has 2 rings (SSSR count). The average molecular weight is 295 g/mol. The Bertz CT molecular complexity index is 428. The molecule has 2 fully saturated rings. The molecule has 21 heavy (non-hydrogen) atoms. The summed E-state index contributed by atoms with van der Waals surface area (Å²) in [4.78, 5) is 37.6. The van der Waals surface area contributed by atoms with E-state index >= 15 is 0 Å². The van der Waals surface area contributed by atoms with Crippen LogP contribution in [0, 0.1) is 17.8 Å². The molecule has 1 heterocycles. The number of rotatable bonds is 4. The van der Waals surface area contributed by atoms with Crippen LogP contribution in [0.1, 0.15) is 53.4 Å². The van der Waals surface area contributed by atoms with Crippen LogP contribution >= 0.6 is 0 Å². The second-order valence-corrected chi connectivity index (χ2v) is 7.12. The molecular formula is C16H25NO4. The maximum Gasteiger partial charge on any atom is 0.308 e. The molecule has 0 aromatic carbocycles. The van der Waals surface area contributed by atoms with Gasteiger partial charge in [0.2, 0.25) is 11.8 Å². The molecule has 0 radical (unpaired) electrons. The number of fused-ring (bicyclic) bond motifs is 1. The fourth-order valence-corrected chi connectivity index (χ4v) is 3.35. The number of hydrogen-bond donors (Lipinski definition) is 0. The summed E-state index contributed by atoms with van der Waals surface area (Å²) >= 11 is 0. The van der Waals surface area contributed by atoms with Gasteiger partial charge in [-0.2, -0.15) is 0 Å². The normalized spacial score (nSPS) is 29.0. The van der Waals surface area contributed by atoms with Crippen LogP contribution < -0.4 is 0 Å².